The van der Waals surface area contributed by atoms with Crippen molar-refractivity contribution in [2.24, 2.45) is 17.8 Å². The van der Waals surface area contributed by atoms with Crippen LogP contribution in [0.3, 0.4) is 0 Å². The van der Waals surface area contributed by atoms with Gasteiger partial charge in [0.2, 0.25) is 0 Å². The Hall–Kier alpha value is -3.69. The lowest BCUT2D eigenvalue weighted by molar-refractivity contribution is -0.224. The second kappa shape index (κ2) is 11.2. The lowest BCUT2D eigenvalue weighted by Gasteiger charge is -2.62. The van der Waals surface area contributed by atoms with E-state index in [-0.39, 0.29) is 35.0 Å². The van der Waals surface area contributed by atoms with E-state index in [1.54, 1.807) is 0 Å². The average Bonchev–Trinajstić information content (AvgIpc) is 3.11. The molecule has 3 saturated carbocycles. The second-order valence-corrected chi connectivity index (χ2v) is 15.0. The molecule has 252 valence electrons. The number of benzene rings is 1. The number of ether oxygens (including phenoxy) is 4. The van der Waals surface area contributed by atoms with Crippen LogP contribution in [0.5, 0.6) is 17.2 Å². The third-order valence-electron chi connectivity index (χ3n) is 10.9. The van der Waals surface area contributed by atoms with E-state index < -0.39 is 52.2 Å². The Morgan fingerprint density at radius 1 is 1.06 bits per heavy atom. The highest BCUT2D eigenvalue weighted by molar-refractivity contribution is 6.10. The van der Waals surface area contributed by atoms with Crippen molar-refractivity contribution < 1.29 is 43.5 Å². The van der Waals surface area contributed by atoms with Crippen LogP contribution in [0, 0.1) is 17.8 Å². The van der Waals surface area contributed by atoms with Crippen molar-refractivity contribution in [3.05, 3.63) is 58.2 Å². The van der Waals surface area contributed by atoms with Crippen LogP contribution in [0.2, 0.25) is 0 Å². The van der Waals surface area contributed by atoms with Crippen LogP contribution in [-0.4, -0.2) is 63.4 Å². The van der Waals surface area contributed by atoms with Crippen LogP contribution in [0.25, 0.3) is 6.08 Å². The number of hydrogen-bond donors (Lipinski definition) is 2. The molecule has 3 unspecified atom stereocenters. The van der Waals surface area contributed by atoms with Gasteiger partial charge in [-0.05, 0) is 86.3 Å². The maximum Gasteiger partial charge on any atom is 0.327 e. The van der Waals surface area contributed by atoms with E-state index in [0.29, 0.717) is 36.1 Å². The van der Waals surface area contributed by atoms with Crippen molar-refractivity contribution in [3.63, 3.8) is 0 Å². The number of phenolic OH excluding ortho intramolecular Hbond substituents is 1. The smallest absolute Gasteiger partial charge is 0.327 e. The molecule has 7 rings (SSSR count). The first-order valence-electron chi connectivity index (χ1n) is 16.5. The van der Waals surface area contributed by atoms with E-state index in [1.165, 1.54) is 18.8 Å². The molecule has 3 aliphatic heterocycles. The fourth-order valence-corrected chi connectivity index (χ4v) is 8.98. The summed E-state index contributed by atoms with van der Waals surface area (Å²) in [6.45, 7) is 13.9. The molecule has 3 aliphatic carbocycles. The molecule has 7 atom stereocenters. The number of carbonyl (C=O) groups excluding carboxylic acids is 2. The molecule has 3 heterocycles. The average molecular weight is 647 g/mol. The second-order valence-electron chi connectivity index (χ2n) is 15.0. The first-order valence-corrected chi connectivity index (χ1v) is 16.5. The molecule has 0 aromatic heterocycles. The van der Waals surface area contributed by atoms with Gasteiger partial charge >= 0.3 is 5.97 Å². The van der Waals surface area contributed by atoms with Crippen LogP contribution in [-0.2, 0) is 25.5 Å². The standard InChI is InChI=1S/C38H46O9/c1-20(2)11-9-16-36(7)18-15-22-29(41)27-30(42)28-33(44-8)24-19-25-35(5,6)47-37(34(24)43,17-10-12-26(39)40)38(25,28)46-32(27)23(31(22)45-36)14-13-21(3)4/h10-13,15,18,24-25,28,33,41H,9,14,16-17,19H2,1-8H3,(H,39,40)/b12-10+/t24-,25?,28?,33?,36+,37-,38-/m0/s1. The molecule has 4 bridgehead atoms. The predicted molar refractivity (Wildman–Crippen MR) is 176 cm³/mol. The number of hydrogen-bond acceptors (Lipinski definition) is 8. The zero-order valence-corrected chi connectivity index (χ0v) is 28.6. The van der Waals surface area contributed by atoms with E-state index in [0.717, 1.165) is 18.1 Å². The molecule has 9 nitrogen and oxygen atoms in total. The van der Waals surface area contributed by atoms with Gasteiger partial charge in [0, 0.05) is 37.0 Å². The highest BCUT2D eigenvalue weighted by Gasteiger charge is 2.85. The zero-order valence-electron chi connectivity index (χ0n) is 28.6. The maximum absolute atomic E-state index is 15.0. The number of carboxylic acid groups (broad SMARTS) is 1. The Kier molecular flexibility index (Phi) is 7.91. The fourth-order valence-electron chi connectivity index (χ4n) is 8.98. The molecule has 2 N–H and O–H groups in total. The topological polar surface area (TPSA) is 129 Å². The Labute approximate surface area is 276 Å². The Balaban J connectivity index is 1.61. The van der Waals surface area contributed by atoms with E-state index in [2.05, 4.69) is 19.9 Å². The molecular weight excluding hydrogens is 600 g/mol. The van der Waals surface area contributed by atoms with Gasteiger partial charge in [0.25, 0.3) is 0 Å². The number of methoxy groups -OCH3 is 1. The normalized spacial score (nSPS) is 33.9. The number of fused-ring (bicyclic) bond motifs is 2. The van der Waals surface area contributed by atoms with E-state index in [1.807, 2.05) is 52.8 Å². The summed E-state index contributed by atoms with van der Waals surface area (Å²) in [5.74, 6) is -3.45. The van der Waals surface area contributed by atoms with E-state index in [9.17, 15) is 19.8 Å². The highest BCUT2D eigenvalue weighted by Crippen LogP contribution is 2.70. The molecular formula is C38H46O9. The summed E-state index contributed by atoms with van der Waals surface area (Å²) >= 11 is 0. The first kappa shape index (κ1) is 33.2. The van der Waals surface area contributed by atoms with Crippen molar-refractivity contribution in [1.29, 1.82) is 0 Å². The molecule has 6 aliphatic rings. The molecule has 0 amide bonds. The maximum atomic E-state index is 15.0. The molecule has 0 radical (unpaired) electrons. The largest absolute Gasteiger partial charge is 0.506 e. The monoisotopic (exact) mass is 646 g/mol. The highest BCUT2D eigenvalue weighted by atomic mass is 16.6. The van der Waals surface area contributed by atoms with Gasteiger partial charge in [-0.25, -0.2) is 4.79 Å². The molecule has 1 aromatic carbocycles. The summed E-state index contributed by atoms with van der Waals surface area (Å²) in [7, 11) is 1.49. The summed E-state index contributed by atoms with van der Waals surface area (Å²) in [5.41, 5.74) is -1.42. The number of carbonyl (C=O) groups is 3. The van der Waals surface area contributed by atoms with Crippen LogP contribution in [0.1, 0.15) is 95.6 Å². The number of phenols is 1. The minimum absolute atomic E-state index is 0.0495. The van der Waals surface area contributed by atoms with Crippen molar-refractivity contribution in [1.82, 2.24) is 0 Å². The zero-order chi connectivity index (χ0) is 34.3. The van der Waals surface area contributed by atoms with Crippen molar-refractivity contribution >= 4 is 23.6 Å². The van der Waals surface area contributed by atoms with Gasteiger partial charge in [0.05, 0.1) is 23.2 Å². The third-order valence-corrected chi connectivity index (χ3v) is 10.9. The van der Waals surface area contributed by atoms with Crippen LogP contribution in [0.15, 0.2) is 41.5 Å². The third kappa shape index (κ3) is 4.75. The minimum Gasteiger partial charge on any atom is -0.506 e. The number of aliphatic carboxylic acids is 1. The molecule has 1 aromatic rings. The summed E-state index contributed by atoms with van der Waals surface area (Å²) < 4.78 is 26.7. The van der Waals surface area contributed by atoms with Gasteiger partial charge < -0.3 is 29.2 Å². The molecule has 4 fully saturated rings. The quantitative estimate of drug-likeness (QED) is 0.227. The Morgan fingerprint density at radius 2 is 1.77 bits per heavy atom. The lowest BCUT2D eigenvalue weighted by Crippen LogP contribution is -2.80. The summed E-state index contributed by atoms with van der Waals surface area (Å²) in [5, 5.41) is 21.3. The van der Waals surface area contributed by atoms with Crippen molar-refractivity contribution in [3.8, 4) is 17.2 Å². The van der Waals surface area contributed by atoms with E-state index >= 15 is 4.79 Å². The number of Topliss-reactive ketones (excluding diaryl/α,β-unsaturated/α-hetero) is 2. The molecule has 9 heteroatoms. The Bertz CT molecular complexity index is 1670. The van der Waals surface area contributed by atoms with Crippen LogP contribution in [0.4, 0.5) is 0 Å². The van der Waals surface area contributed by atoms with Gasteiger partial charge in [-0.3, -0.25) is 9.59 Å². The molecule has 1 saturated heterocycles. The Morgan fingerprint density at radius 3 is 2.40 bits per heavy atom. The van der Waals surface area contributed by atoms with Crippen LogP contribution < -0.4 is 9.47 Å². The van der Waals surface area contributed by atoms with E-state index in [4.69, 9.17) is 18.9 Å². The van der Waals surface area contributed by atoms with Gasteiger partial charge in [0.15, 0.2) is 22.8 Å². The number of carboxylic acids is 1. The predicted octanol–water partition coefficient (Wildman–Crippen LogP) is 6.55. The van der Waals surface area contributed by atoms with Crippen molar-refractivity contribution in [2.75, 3.05) is 7.11 Å². The van der Waals surface area contributed by atoms with Crippen LogP contribution >= 0.6 is 0 Å². The van der Waals surface area contributed by atoms with Gasteiger partial charge in [-0.2, -0.15) is 0 Å². The van der Waals surface area contributed by atoms with Gasteiger partial charge in [-0.1, -0.05) is 29.4 Å². The number of rotatable bonds is 9. The number of ketones is 2. The summed E-state index contributed by atoms with van der Waals surface area (Å²) in [6.07, 6.45) is 11.7. The number of aromatic hydroxyl groups is 1. The van der Waals surface area contributed by atoms with Gasteiger partial charge in [0.1, 0.15) is 28.4 Å². The molecule has 47 heavy (non-hydrogen) atoms. The molecule has 1 spiro atoms. The lowest BCUT2D eigenvalue weighted by atomic mass is 9.45. The van der Waals surface area contributed by atoms with Gasteiger partial charge in [-0.15, -0.1) is 0 Å². The summed E-state index contributed by atoms with van der Waals surface area (Å²) in [6, 6.07) is 0. The SMILES string of the molecule is COC1C2C(=O)c3c(O)c4c(c(CC=C(C)C)c3O[C@@]23C2C[C@@H]1C(=O)[C@]3(C/C=C/C(=O)O)OC2(C)C)O[C@](C)(CCC=C(C)C)C=C4. The fraction of sp³-hybridized carbons (Fsp3) is 0.553. The summed E-state index contributed by atoms with van der Waals surface area (Å²) in [4.78, 5) is 41.1. The van der Waals surface area contributed by atoms with Crippen molar-refractivity contribution in [2.45, 2.75) is 109 Å². The first-order chi connectivity index (χ1) is 22.0. The number of allylic oxidation sites excluding steroid dienone is 4. The minimum atomic E-state index is -1.65.